The summed E-state index contributed by atoms with van der Waals surface area (Å²) in [5.41, 5.74) is 1.19. The summed E-state index contributed by atoms with van der Waals surface area (Å²) in [6, 6.07) is 0.246. The van der Waals surface area contributed by atoms with E-state index in [1.54, 1.807) is 24.9 Å². The average molecular weight is 355 g/mol. The summed E-state index contributed by atoms with van der Waals surface area (Å²) in [6.07, 6.45) is -1.07. The monoisotopic (exact) mass is 355 g/mol. The molecule has 0 aromatic carbocycles. The van der Waals surface area contributed by atoms with Crippen LogP contribution >= 0.6 is 0 Å². The molecule has 2 heterocycles. The summed E-state index contributed by atoms with van der Waals surface area (Å²) in [4.78, 5) is 12.4. The van der Waals surface area contributed by atoms with Crippen LogP contribution in [0.1, 0.15) is 54.4 Å². The molecule has 2 aromatic heterocycles. The minimum Gasteiger partial charge on any atom is -0.350 e. The molecule has 6 nitrogen and oxygen atoms in total. The Hall–Kier alpha value is -2.32. The second kappa shape index (κ2) is 6.20. The van der Waals surface area contributed by atoms with Gasteiger partial charge in [0.15, 0.2) is 5.69 Å². The number of aryl methyl sites for hydroxylation is 2. The lowest BCUT2D eigenvalue weighted by Gasteiger charge is -2.15. The van der Waals surface area contributed by atoms with E-state index in [9.17, 15) is 18.0 Å². The zero-order valence-corrected chi connectivity index (χ0v) is 14.3. The number of carbonyl (C=O) groups excluding carboxylic acids is 1. The van der Waals surface area contributed by atoms with E-state index in [4.69, 9.17) is 0 Å². The summed E-state index contributed by atoms with van der Waals surface area (Å²) in [5, 5.41) is 10.6. The van der Waals surface area contributed by atoms with Gasteiger partial charge in [0.2, 0.25) is 5.91 Å². The lowest BCUT2D eigenvalue weighted by atomic mass is 10.2. The van der Waals surface area contributed by atoms with Crippen LogP contribution in [0.3, 0.4) is 0 Å². The first-order valence-corrected chi connectivity index (χ1v) is 8.10. The van der Waals surface area contributed by atoms with E-state index < -0.39 is 17.9 Å². The number of nitrogens with one attached hydrogen (secondary N) is 1. The summed E-state index contributed by atoms with van der Waals surface area (Å²) < 4.78 is 41.7. The molecule has 1 aliphatic rings. The van der Waals surface area contributed by atoms with Crippen LogP contribution in [0, 0.1) is 6.92 Å². The van der Waals surface area contributed by atoms with Gasteiger partial charge in [-0.05, 0) is 32.8 Å². The van der Waals surface area contributed by atoms with Crippen molar-refractivity contribution in [3.8, 4) is 0 Å². The van der Waals surface area contributed by atoms with Crippen LogP contribution in [0.15, 0.2) is 12.3 Å². The van der Waals surface area contributed by atoms with Gasteiger partial charge in [0.25, 0.3) is 0 Å². The molecule has 0 bridgehead atoms. The van der Waals surface area contributed by atoms with E-state index in [0.29, 0.717) is 5.69 Å². The third-order valence-corrected chi connectivity index (χ3v) is 4.37. The summed E-state index contributed by atoms with van der Waals surface area (Å²) in [5.74, 6) is -0.318. The molecule has 1 aliphatic carbocycles. The van der Waals surface area contributed by atoms with Crippen LogP contribution in [0.2, 0.25) is 0 Å². The van der Waals surface area contributed by atoms with E-state index in [0.717, 1.165) is 30.2 Å². The number of alkyl halides is 3. The van der Waals surface area contributed by atoms with Crippen molar-refractivity contribution in [2.45, 2.75) is 51.4 Å². The van der Waals surface area contributed by atoms with Crippen molar-refractivity contribution in [3.05, 3.63) is 34.9 Å². The molecular weight excluding hydrogens is 335 g/mol. The maximum absolute atomic E-state index is 13.0. The molecule has 2 aromatic rings. The largest absolute Gasteiger partial charge is 0.435 e. The van der Waals surface area contributed by atoms with Crippen molar-refractivity contribution >= 4 is 5.91 Å². The van der Waals surface area contributed by atoms with Crippen LogP contribution in [0.4, 0.5) is 13.2 Å². The quantitative estimate of drug-likeness (QED) is 0.897. The van der Waals surface area contributed by atoms with Crippen LogP contribution in [0.5, 0.6) is 0 Å². The third-order valence-electron chi connectivity index (χ3n) is 4.37. The van der Waals surface area contributed by atoms with E-state index in [1.165, 1.54) is 4.68 Å². The Morgan fingerprint density at radius 3 is 2.60 bits per heavy atom. The third kappa shape index (κ3) is 3.69. The Balaban J connectivity index is 1.75. The number of rotatable bonds is 5. The number of halogens is 3. The number of amides is 1. The van der Waals surface area contributed by atoms with Crippen LogP contribution in [-0.2, 0) is 24.6 Å². The molecule has 1 N–H and O–H groups in total. The summed E-state index contributed by atoms with van der Waals surface area (Å²) in [7, 11) is 1.78. The van der Waals surface area contributed by atoms with Gasteiger partial charge in [0.1, 0.15) is 6.04 Å². The van der Waals surface area contributed by atoms with Gasteiger partial charge >= 0.3 is 6.18 Å². The van der Waals surface area contributed by atoms with Crippen LogP contribution in [-0.4, -0.2) is 25.5 Å². The fourth-order valence-electron chi connectivity index (χ4n) is 2.80. The first-order chi connectivity index (χ1) is 11.7. The molecule has 0 aliphatic heterocycles. The van der Waals surface area contributed by atoms with Crippen molar-refractivity contribution in [1.82, 2.24) is 24.9 Å². The molecule has 0 saturated heterocycles. The number of hydrogen-bond acceptors (Lipinski definition) is 3. The lowest BCUT2D eigenvalue weighted by molar-refractivity contribution is -0.142. The molecule has 9 heteroatoms. The predicted molar refractivity (Wildman–Crippen MR) is 83.7 cm³/mol. The molecule has 3 rings (SSSR count). The minimum atomic E-state index is -4.52. The molecule has 1 fully saturated rings. The minimum absolute atomic E-state index is 0.0550. The van der Waals surface area contributed by atoms with E-state index in [-0.39, 0.29) is 18.4 Å². The Kier molecular flexibility index (Phi) is 4.34. The molecule has 0 radical (unpaired) electrons. The Morgan fingerprint density at radius 2 is 2.08 bits per heavy atom. The van der Waals surface area contributed by atoms with Gasteiger partial charge in [0, 0.05) is 37.0 Å². The fraction of sp³-hybridized carbons (Fsp3) is 0.562. The van der Waals surface area contributed by atoms with Gasteiger partial charge in [-0.3, -0.25) is 14.2 Å². The van der Waals surface area contributed by atoms with E-state index in [1.807, 2.05) is 6.92 Å². The van der Waals surface area contributed by atoms with Crippen molar-refractivity contribution in [1.29, 1.82) is 0 Å². The van der Waals surface area contributed by atoms with E-state index in [2.05, 4.69) is 15.5 Å². The summed E-state index contributed by atoms with van der Waals surface area (Å²) in [6.45, 7) is 3.67. The van der Waals surface area contributed by atoms with Gasteiger partial charge in [-0.25, -0.2) is 0 Å². The number of hydrogen-bond donors (Lipinski definition) is 1. The highest BCUT2D eigenvalue weighted by atomic mass is 19.4. The van der Waals surface area contributed by atoms with Gasteiger partial charge in [-0.15, -0.1) is 0 Å². The molecular formula is C16H20F3N5O. The zero-order chi connectivity index (χ0) is 18.4. The van der Waals surface area contributed by atoms with Gasteiger partial charge in [0.05, 0.1) is 5.69 Å². The molecule has 0 spiro atoms. The molecule has 1 amide bonds. The maximum Gasteiger partial charge on any atom is 0.435 e. The number of carbonyl (C=O) groups is 1. The lowest BCUT2D eigenvalue weighted by Crippen LogP contribution is -2.32. The predicted octanol–water partition coefficient (Wildman–Crippen LogP) is 2.70. The van der Waals surface area contributed by atoms with Crippen molar-refractivity contribution in [3.63, 3.8) is 0 Å². The number of aromatic nitrogens is 4. The SMILES string of the molecule is Cc1nn(C)cc1CNC(=O)C(C)n1nc(C(F)(F)F)cc1C1CC1. The molecule has 1 atom stereocenters. The van der Waals surface area contributed by atoms with Crippen LogP contribution < -0.4 is 5.32 Å². The molecule has 1 saturated carbocycles. The fourth-order valence-corrected chi connectivity index (χ4v) is 2.80. The zero-order valence-electron chi connectivity index (χ0n) is 14.3. The van der Waals surface area contributed by atoms with Gasteiger partial charge in [-0.2, -0.15) is 23.4 Å². The van der Waals surface area contributed by atoms with Gasteiger partial charge in [-0.1, -0.05) is 0 Å². The topological polar surface area (TPSA) is 64.7 Å². The van der Waals surface area contributed by atoms with Crippen LogP contribution in [0.25, 0.3) is 0 Å². The van der Waals surface area contributed by atoms with Crippen molar-refractivity contribution in [2.75, 3.05) is 0 Å². The van der Waals surface area contributed by atoms with E-state index >= 15 is 0 Å². The Labute approximate surface area is 143 Å². The normalized spacial score (nSPS) is 16.1. The number of nitrogens with zero attached hydrogens (tertiary/aromatic N) is 4. The standard InChI is InChI=1S/C16H20F3N5O/c1-9-12(8-23(3)21-9)7-20-15(25)10(2)24-13(11-4-5-11)6-14(22-24)16(17,18)19/h6,8,10-11H,4-5,7H2,1-3H3,(H,20,25). The maximum atomic E-state index is 13.0. The second-order valence-electron chi connectivity index (χ2n) is 6.48. The highest BCUT2D eigenvalue weighted by molar-refractivity contribution is 5.79. The first kappa shape index (κ1) is 17.5. The average Bonchev–Trinajstić information content (AvgIpc) is 3.17. The highest BCUT2D eigenvalue weighted by Crippen LogP contribution is 2.42. The Bertz CT molecular complexity index is 788. The molecule has 1 unspecified atom stereocenters. The highest BCUT2D eigenvalue weighted by Gasteiger charge is 2.39. The van der Waals surface area contributed by atoms with Crippen molar-refractivity contribution < 1.29 is 18.0 Å². The first-order valence-electron chi connectivity index (χ1n) is 8.10. The second-order valence-corrected chi connectivity index (χ2v) is 6.48. The Morgan fingerprint density at radius 1 is 1.40 bits per heavy atom. The summed E-state index contributed by atoms with van der Waals surface area (Å²) >= 11 is 0. The molecule has 136 valence electrons. The molecule has 25 heavy (non-hydrogen) atoms. The van der Waals surface area contributed by atoms with Gasteiger partial charge < -0.3 is 5.32 Å². The smallest absolute Gasteiger partial charge is 0.350 e. The van der Waals surface area contributed by atoms with Crippen molar-refractivity contribution in [2.24, 2.45) is 7.05 Å².